The van der Waals surface area contributed by atoms with E-state index in [0.29, 0.717) is 10.0 Å². The number of hydrogen-bond acceptors (Lipinski definition) is 1. The number of benzene rings is 2. The van der Waals surface area contributed by atoms with Crippen LogP contribution in [0.5, 0.6) is 0 Å². The third-order valence-corrected chi connectivity index (χ3v) is 4.48. The first-order chi connectivity index (χ1) is 9.54. The number of rotatable bonds is 2. The second kappa shape index (κ2) is 5.27. The van der Waals surface area contributed by atoms with E-state index in [-0.39, 0.29) is 11.9 Å². The summed E-state index contributed by atoms with van der Waals surface area (Å²) in [6.45, 7) is 1.92. The Balaban J connectivity index is 1.89. The molecular weight excluding hydrogens is 296 g/mol. The summed E-state index contributed by atoms with van der Waals surface area (Å²) in [5, 5.41) is 4.76. The highest BCUT2D eigenvalue weighted by Gasteiger charge is 2.23. The van der Waals surface area contributed by atoms with Gasteiger partial charge in [0.1, 0.15) is 5.82 Å². The molecule has 1 N–H and O–H groups in total. The third kappa shape index (κ3) is 2.50. The van der Waals surface area contributed by atoms with Gasteiger partial charge in [-0.2, -0.15) is 0 Å². The van der Waals surface area contributed by atoms with Crippen molar-refractivity contribution in [3.63, 3.8) is 0 Å². The minimum Gasteiger partial charge on any atom is -0.377 e. The molecule has 2 aromatic carbocycles. The molecule has 104 valence electrons. The van der Waals surface area contributed by atoms with E-state index in [1.807, 2.05) is 25.1 Å². The fraction of sp³-hybridized carbons (Fsp3) is 0.250. The number of aryl methyl sites for hydroxylation is 2. The molecule has 20 heavy (non-hydrogen) atoms. The molecule has 0 amide bonds. The van der Waals surface area contributed by atoms with Crippen molar-refractivity contribution in [3.05, 3.63) is 62.9 Å². The standard InChI is InChI=1S/C16H14Cl2FN/c1-9-6-14(18)16(8-13(9)17)20-15-5-2-10-7-11(19)3-4-12(10)15/h3-4,6-8,15,20H,2,5H2,1H3. The monoisotopic (exact) mass is 309 g/mol. The molecule has 0 heterocycles. The molecule has 0 fully saturated rings. The maximum atomic E-state index is 13.2. The Bertz CT molecular complexity index is 670. The first-order valence-corrected chi connectivity index (χ1v) is 7.30. The predicted octanol–water partition coefficient (Wildman–Crippen LogP) is 5.54. The van der Waals surface area contributed by atoms with Gasteiger partial charge in [-0.05, 0) is 60.7 Å². The molecule has 2 aromatic rings. The van der Waals surface area contributed by atoms with Crippen LogP contribution in [-0.4, -0.2) is 0 Å². The molecule has 0 spiro atoms. The topological polar surface area (TPSA) is 12.0 Å². The van der Waals surface area contributed by atoms with Crippen molar-refractivity contribution < 1.29 is 4.39 Å². The van der Waals surface area contributed by atoms with Gasteiger partial charge in [0.05, 0.1) is 16.8 Å². The van der Waals surface area contributed by atoms with Gasteiger partial charge in [0, 0.05) is 5.02 Å². The zero-order valence-corrected chi connectivity index (χ0v) is 12.5. The lowest BCUT2D eigenvalue weighted by molar-refractivity contribution is 0.626. The Labute approximate surface area is 127 Å². The second-order valence-electron chi connectivity index (χ2n) is 5.16. The molecule has 0 bridgehead atoms. The first-order valence-electron chi connectivity index (χ1n) is 6.55. The van der Waals surface area contributed by atoms with Crippen molar-refractivity contribution in [2.75, 3.05) is 5.32 Å². The zero-order chi connectivity index (χ0) is 14.3. The SMILES string of the molecule is Cc1cc(Cl)c(NC2CCc3cc(F)ccc32)cc1Cl. The van der Waals surface area contributed by atoms with Crippen molar-refractivity contribution in [2.45, 2.75) is 25.8 Å². The van der Waals surface area contributed by atoms with E-state index in [0.717, 1.165) is 35.2 Å². The van der Waals surface area contributed by atoms with E-state index in [1.54, 1.807) is 6.07 Å². The fourth-order valence-corrected chi connectivity index (χ4v) is 3.12. The first kappa shape index (κ1) is 13.7. The van der Waals surface area contributed by atoms with E-state index in [2.05, 4.69) is 5.32 Å². The summed E-state index contributed by atoms with van der Waals surface area (Å²) < 4.78 is 13.2. The minimum atomic E-state index is -0.180. The molecule has 1 aliphatic carbocycles. The molecule has 4 heteroatoms. The van der Waals surface area contributed by atoms with Crippen LogP contribution in [0.25, 0.3) is 0 Å². The maximum absolute atomic E-state index is 13.2. The van der Waals surface area contributed by atoms with E-state index < -0.39 is 0 Å². The Hall–Kier alpha value is -1.25. The average molecular weight is 310 g/mol. The summed E-state index contributed by atoms with van der Waals surface area (Å²) in [6.07, 6.45) is 1.81. The van der Waals surface area contributed by atoms with Gasteiger partial charge in [-0.3, -0.25) is 0 Å². The lowest BCUT2D eigenvalue weighted by Crippen LogP contribution is -2.07. The molecule has 1 atom stereocenters. The van der Waals surface area contributed by atoms with E-state index in [9.17, 15) is 4.39 Å². The van der Waals surface area contributed by atoms with Gasteiger partial charge in [0.25, 0.3) is 0 Å². The number of anilines is 1. The molecule has 1 aliphatic rings. The van der Waals surface area contributed by atoms with E-state index >= 15 is 0 Å². The fourth-order valence-electron chi connectivity index (χ4n) is 2.68. The summed E-state index contributed by atoms with van der Waals surface area (Å²) in [6, 6.07) is 8.82. The van der Waals surface area contributed by atoms with Crippen LogP contribution in [-0.2, 0) is 6.42 Å². The lowest BCUT2D eigenvalue weighted by atomic mass is 10.1. The van der Waals surface area contributed by atoms with Gasteiger partial charge < -0.3 is 5.32 Å². The summed E-state index contributed by atoms with van der Waals surface area (Å²) in [4.78, 5) is 0. The van der Waals surface area contributed by atoms with Crippen molar-refractivity contribution in [1.82, 2.24) is 0 Å². The highest BCUT2D eigenvalue weighted by atomic mass is 35.5. The largest absolute Gasteiger partial charge is 0.377 e. The molecule has 0 radical (unpaired) electrons. The van der Waals surface area contributed by atoms with Gasteiger partial charge in [-0.15, -0.1) is 0 Å². The molecule has 1 unspecified atom stereocenters. The van der Waals surface area contributed by atoms with Crippen LogP contribution in [0, 0.1) is 12.7 Å². The van der Waals surface area contributed by atoms with Crippen LogP contribution in [0.1, 0.15) is 29.2 Å². The highest BCUT2D eigenvalue weighted by Crippen LogP contribution is 2.37. The van der Waals surface area contributed by atoms with Crippen LogP contribution in [0.3, 0.4) is 0 Å². The summed E-state index contributed by atoms with van der Waals surface area (Å²) in [5.41, 5.74) is 3.98. The minimum absolute atomic E-state index is 0.155. The Morgan fingerprint density at radius 3 is 2.75 bits per heavy atom. The van der Waals surface area contributed by atoms with E-state index in [4.69, 9.17) is 23.2 Å². The Kier molecular flexibility index (Phi) is 3.61. The molecule has 0 saturated heterocycles. The normalized spacial score (nSPS) is 17.1. The molecule has 0 saturated carbocycles. The molecular formula is C16H14Cl2FN. The number of hydrogen-bond donors (Lipinski definition) is 1. The second-order valence-corrected chi connectivity index (χ2v) is 5.97. The van der Waals surface area contributed by atoms with Gasteiger partial charge in [-0.1, -0.05) is 29.3 Å². The smallest absolute Gasteiger partial charge is 0.123 e. The van der Waals surface area contributed by atoms with Gasteiger partial charge in [-0.25, -0.2) is 4.39 Å². The maximum Gasteiger partial charge on any atom is 0.123 e. The zero-order valence-electron chi connectivity index (χ0n) is 11.0. The van der Waals surface area contributed by atoms with Gasteiger partial charge in [0.2, 0.25) is 0 Å². The van der Waals surface area contributed by atoms with Crippen LogP contribution in [0.4, 0.5) is 10.1 Å². The lowest BCUT2D eigenvalue weighted by Gasteiger charge is -2.17. The molecule has 0 aliphatic heterocycles. The van der Waals surface area contributed by atoms with Crippen LogP contribution < -0.4 is 5.32 Å². The number of fused-ring (bicyclic) bond motifs is 1. The quantitative estimate of drug-likeness (QED) is 0.768. The Morgan fingerprint density at radius 1 is 1.15 bits per heavy atom. The van der Waals surface area contributed by atoms with E-state index in [1.165, 1.54) is 6.07 Å². The van der Waals surface area contributed by atoms with Gasteiger partial charge >= 0.3 is 0 Å². The van der Waals surface area contributed by atoms with Gasteiger partial charge in [0.15, 0.2) is 0 Å². The molecule has 0 aromatic heterocycles. The summed E-state index contributed by atoms with van der Waals surface area (Å²) in [5.74, 6) is -0.180. The van der Waals surface area contributed by atoms with Crippen molar-refractivity contribution in [3.8, 4) is 0 Å². The summed E-state index contributed by atoms with van der Waals surface area (Å²) >= 11 is 12.4. The number of nitrogens with one attached hydrogen (secondary N) is 1. The van der Waals surface area contributed by atoms with Crippen LogP contribution in [0.2, 0.25) is 10.0 Å². The molecule has 3 rings (SSSR count). The predicted molar refractivity (Wildman–Crippen MR) is 82.3 cm³/mol. The van der Waals surface area contributed by atoms with Crippen molar-refractivity contribution in [2.24, 2.45) is 0 Å². The van der Waals surface area contributed by atoms with Crippen molar-refractivity contribution >= 4 is 28.9 Å². The molecule has 1 nitrogen and oxygen atoms in total. The van der Waals surface area contributed by atoms with Crippen molar-refractivity contribution in [1.29, 1.82) is 0 Å². The van der Waals surface area contributed by atoms with Crippen LogP contribution in [0.15, 0.2) is 30.3 Å². The van der Waals surface area contributed by atoms with Crippen LogP contribution >= 0.6 is 23.2 Å². The Morgan fingerprint density at radius 2 is 1.95 bits per heavy atom. The number of halogens is 3. The average Bonchev–Trinajstić information content (AvgIpc) is 2.78. The summed E-state index contributed by atoms with van der Waals surface area (Å²) in [7, 11) is 0. The highest BCUT2D eigenvalue weighted by molar-refractivity contribution is 6.35. The third-order valence-electron chi connectivity index (χ3n) is 3.76.